The molecule has 0 radical (unpaired) electrons. The van der Waals surface area contributed by atoms with E-state index in [9.17, 15) is 9.90 Å². The fourth-order valence-corrected chi connectivity index (χ4v) is 3.79. The SMILES string of the molecule is CC(NC1C2CCC(C2)C1C(=O)O)c1cnccn1. The van der Waals surface area contributed by atoms with Gasteiger partial charge in [-0.1, -0.05) is 0 Å². The average molecular weight is 261 g/mol. The van der Waals surface area contributed by atoms with E-state index < -0.39 is 5.97 Å². The summed E-state index contributed by atoms with van der Waals surface area (Å²) in [4.78, 5) is 19.8. The number of fused-ring (bicyclic) bond motifs is 2. The van der Waals surface area contributed by atoms with Gasteiger partial charge in [0.1, 0.15) is 0 Å². The first kappa shape index (κ1) is 12.5. The van der Waals surface area contributed by atoms with Gasteiger partial charge in [-0.3, -0.25) is 14.8 Å². The lowest BCUT2D eigenvalue weighted by Gasteiger charge is -2.31. The highest BCUT2D eigenvalue weighted by Gasteiger charge is 2.51. The number of nitrogens with zero attached hydrogens (tertiary/aromatic N) is 2. The van der Waals surface area contributed by atoms with Gasteiger partial charge in [0, 0.05) is 30.7 Å². The highest BCUT2D eigenvalue weighted by atomic mass is 16.4. The second-order valence-electron chi connectivity index (χ2n) is 5.74. The highest BCUT2D eigenvalue weighted by molar-refractivity contribution is 5.72. The molecule has 5 unspecified atom stereocenters. The van der Waals surface area contributed by atoms with E-state index in [2.05, 4.69) is 15.3 Å². The maximum atomic E-state index is 11.5. The van der Waals surface area contributed by atoms with Crippen LogP contribution in [0.5, 0.6) is 0 Å². The monoisotopic (exact) mass is 261 g/mol. The molecule has 0 spiro atoms. The lowest BCUT2D eigenvalue weighted by atomic mass is 9.84. The summed E-state index contributed by atoms with van der Waals surface area (Å²) >= 11 is 0. The van der Waals surface area contributed by atoms with Crippen molar-refractivity contribution in [2.24, 2.45) is 17.8 Å². The molecule has 2 bridgehead atoms. The van der Waals surface area contributed by atoms with Crippen molar-refractivity contribution in [1.82, 2.24) is 15.3 Å². The number of carbonyl (C=O) groups is 1. The quantitative estimate of drug-likeness (QED) is 0.861. The molecule has 102 valence electrons. The van der Waals surface area contributed by atoms with Crippen LogP contribution in [0.25, 0.3) is 0 Å². The molecule has 2 saturated carbocycles. The van der Waals surface area contributed by atoms with Crippen LogP contribution in [-0.4, -0.2) is 27.1 Å². The van der Waals surface area contributed by atoms with Gasteiger partial charge in [-0.2, -0.15) is 0 Å². The van der Waals surface area contributed by atoms with Crippen LogP contribution < -0.4 is 5.32 Å². The van der Waals surface area contributed by atoms with E-state index >= 15 is 0 Å². The molecule has 0 aliphatic heterocycles. The first-order valence-electron chi connectivity index (χ1n) is 6.91. The smallest absolute Gasteiger partial charge is 0.308 e. The number of hydrogen-bond acceptors (Lipinski definition) is 4. The molecule has 0 aromatic carbocycles. The maximum Gasteiger partial charge on any atom is 0.308 e. The molecule has 2 aliphatic rings. The third-order valence-electron chi connectivity index (χ3n) is 4.67. The first-order valence-corrected chi connectivity index (χ1v) is 6.91. The van der Waals surface area contributed by atoms with Crippen molar-refractivity contribution in [3.8, 4) is 0 Å². The molecular formula is C14H19N3O2. The summed E-state index contributed by atoms with van der Waals surface area (Å²) in [6.07, 6.45) is 8.33. The molecule has 3 rings (SSSR count). The Balaban J connectivity index is 1.73. The minimum atomic E-state index is -0.656. The normalized spacial score (nSPS) is 34.4. The molecule has 2 N–H and O–H groups in total. The second kappa shape index (κ2) is 4.89. The Labute approximate surface area is 112 Å². The van der Waals surface area contributed by atoms with Crippen molar-refractivity contribution >= 4 is 5.97 Å². The fourth-order valence-electron chi connectivity index (χ4n) is 3.79. The largest absolute Gasteiger partial charge is 0.481 e. The zero-order chi connectivity index (χ0) is 13.4. The van der Waals surface area contributed by atoms with Crippen LogP contribution in [0.3, 0.4) is 0 Å². The van der Waals surface area contributed by atoms with Gasteiger partial charge in [0.25, 0.3) is 0 Å². The number of rotatable bonds is 4. The molecule has 5 atom stereocenters. The van der Waals surface area contributed by atoms with Crippen LogP contribution >= 0.6 is 0 Å². The molecule has 5 nitrogen and oxygen atoms in total. The van der Waals surface area contributed by atoms with Gasteiger partial charge in [0.2, 0.25) is 0 Å². The number of hydrogen-bond donors (Lipinski definition) is 2. The summed E-state index contributed by atoms with van der Waals surface area (Å²) < 4.78 is 0. The fraction of sp³-hybridized carbons (Fsp3) is 0.643. The number of aliphatic carboxylic acids is 1. The van der Waals surface area contributed by atoms with Crippen LogP contribution in [0.1, 0.15) is 37.9 Å². The molecule has 1 aromatic heterocycles. The van der Waals surface area contributed by atoms with E-state index in [1.165, 1.54) is 0 Å². The van der Waals surface area contributed by atoms with Crippen molar-refractivity contribution in [3.05, 3.63) is 24.3 Å². The summed E-state index contributed by atoms with van der Waals surface area (Å²) in [5.41, 5.74) is 0.870. The molecule has 2 aliphatic carbocycles. The summed E-state index contributed by atoms with van der Waals surface area (Å²) in [5.74, 6) is -0.0341. The summed E-state index contributed by atoms with van der Waals surface area (Å²) in [6.45, 7) is 2.02. The molecule has 0 saturated heterocycles. The predicted molar refractivity (Wildman–Crippen MR) is 69.3 cm³/mol. The third kappa shape index (κ3) is 2.23. The van der Waals surface area contributed by atoms with Gasteiger partial charge < -0.3 is 10.4 Å². The second-order valence-corrected chi connectivity index (χ2v) is 5.74. The van der Waals surface area contributed by atoms with Crippen molar-refractivity contribution < 1.29 is 9.90 Å². The molecule has 5 heteroatoms. The Hall–Kier alpha value is -1.49. The molecule has 1 heterocycles. The highest BCUT2D eigenvalue weighted by Crippen LogP contribution is 2.49. The van der Waals surface area contributed by atoms with Crippen LogP contribution in [-0.2, 0) is 4.79 Å². The number of carboxylic acid groups (broad SMARTS) is 1. The Morgan fingerprint density at radius 3 is 2.89 bits per heavy atom. The van der Waals surface area contributed by atoms with Gasteiger partial charge in [-0.05, 0) is 38.0 Å². The zero-order valence-corrected chi connectivity index (χ0v) is 11.0. The summed E-state index contributed by atoms with van der Waals surface area (Å²) in [6, 6.07) is 0.119. The van der Waals surface area contributed by atoms with Crippen molar-refractivity contribution in [1.29, 1.82) is 0 Å². The van der Waals surface area contributed by atoms with Gasteiger partial charge in [-0.15, -0.1) is 0 Å². The Bertz CT molecular complexity index is 465. The van der Waals surface area contributed by atoms with Crippen LogP contribution in [0.4, 0.5) is 0 Å². The third-order valence-corrected chi connectivity index (χ3v) is 4.67. The summed E-state index contributed by atoms with van der Waals surface area (Å²) in [7, 11) is 0. The standard InChI is InChI=1S/C14H19N3O2/c1-8(11-7-15-4-5-16-11)17-13-10-3-2-9(6-10)12(13)14(18)19/h4-5,7-10,12-13,17H,2-3,6H2,1H3,(H,18,19). The van der Waals surface area contributed by atoms with Gasteiger partial charge >= 0.3 is 5.97 Å². The predicted octanol–water partition coefficient (Wildman–Crippen LogP) is 1.63. The Morgan fingerprint density at radius 2 is 2.21 bits per heavy atom. The van der Waals surface area contributed by atoms with Crippen LogP contribution in [0, 0.1) is 17.8 Å². The topological polar surface area (TPSA) is 75.1 Å². The van der Waals surface area contributed by atoms with Crippen molar-refractivity contribution in [2.75, 3.05) is 0 Å². The van der Waals surface area contributed by atoms with E-state index in [-0.39, 0.29) is 18.0 Å². The molecular weight excluding hydrogens is 242 g/mol. The van der Waals surface area contributed by atoms with Crippen molar-refractivity contribution in [2.45, 2.75) is 38.3 Å². The lowest BCUT2D eigenvalue weighted by molar-refractivity contribution is -0.144. The Kier molecular flexibility index (Phi) is 3.22. The first-order chi connectivity index (χ1) is 9.16. The van der Waals surface area contributed by atoms with E-state index in [0.717, 1.165) is 25.0 Å². The van der Waals surface area contributed by atoms with Crippen LogP contribution in [0.15, 0.2) is 18.6 Å². The minimum absolute atomic E-state index is 0.0416. The van der Waals surface area contributed by atoms with E-state index in [1.807, 2.05) is 6.92 Å². The zero-order valence-electron chi connectivity index (χ0n) is 11.0. The van der Waals surface area contributed by atoms with Crippen LogP contribution in [0.2, 0.25) is 0 Å². The van der Waals surface area contributed by atoms with Crippen molar-refractivity contribution in [3.63, 3.8) is 0 Å². The number of aromatic nitrogens is 2. The van der Waals surface area contributed by atoms with E-state index in [0.29, 0.717) is 11.8 Å². The summed E-state index contributed by atoms with van der Waals surface area (Å²) in [5, 5.41) is 12.9. The van der Waals surface area contributed by atoms with E-state index in [4.69, 9.17) is 0 Å². The van der Waals surface area contributed by atoms with Gasteiger partial charge in [0.05, 0.1) is 11.6 Å². The van der Waals surface area contributed by atoms with E-state index in [1.54, 1.807) is 18.6 Å². The molecule has 0 amide bonds. The minimum Gasteiger partial charge on any atom is -0.481 e. The molecule has 2 fully saturated rings. The molecule has 19 heavy (non-hydrogen) atoms. The maximum absolute atomic E-state index is 11.5. The van der Waals surface area contributed by atoms with Gasteiger partial charge in [0.15, 0.2) is 0 Å². The number of carboxylic acids is 1. The Morgan fingerprint density at radius 1 is 1.42 bits per heavy atom. The van der Waals surface area contributed by atoms with Gasteiger partial charge in [-0.25, -0.2) is 0 Å². The number of nitrogens with one attached hydrogen (secondary N) is 1. The molecule has 1 aromatic rings. The lowest BCUT2D eigenvalue weighted by Crippen LogP contribution is -2.45. The average Bonchev–Trinajstić information content (AvgIpc) is 3.00.